The van der Waals surface area contributed by atoms with E-state index in [-0.39, 0.29) is 25.7 Å². The summed E-state index contributed by atoms with van der Waals surface area (Å²) >= 11 is 0. The monoisotopic (exact) mass is 1470 g/mol. The van der Waals surface area contributed by atoms with E-state index in [2.05, 4.69) is 41.5 Å². The Hall–Kier alpha value is -1.94. The van der Waals surface area contributed by atoms with Crippen molar-refractivity contribution in [2.75, 3.05) is 39.6 Å². The summed E-state index contributed by atoms with van der Waals surface area (Å²) in [5, 5.41) is 10.6. The van der Waals surface area contributed by atoms with Gasteiger partial charge in [-0.2, -0.15) is 0 Å². The summed E-state index contributed by atoms with van der Waals surface area (Å²) < 4.78 is 68.6. The van der Waals surface area contributed by atoms with Crippen LogP contribution in [0.4, 0.5) is 0 Å². The Morgan fingerprint density at radius 2 is 0.510 bits per heavy atom. The summed E-state index contributed by atoms with van der Waals surface area (Å²) in [4.78, 5) is 72.9. The number of aliphatic hydroxyl groups excluding tert-OH is 1. The molecule has 0 fully saturated rings. The summed E-state index contributed by atoms with van der Waals surface area (Å²) in [6.07, 6.45) is 62.5. The number of carbonyl (C=O) groups excluding carboxylic acids is 4. The van der Waals surface area contributed by atoms with Gasteiger partial charge in [-0.3, -0.25) is 37.3 Å². The third-order valence-corrected chi connectivity index (χ3v) is 21.2. The van der Waals surface area contributed by atoms with E-state index in [1.807, 2.05) is 0 Å². The van der Waals surface area contributed by atoms with E-state index in [1.54, 1.807) is 0 Å². The SMILES string of the molecule is CCCCCCCCCCCCCCCCCCCCCCC(=O)O[C@H](COC(=O)CCCCCCCCCCCCCCCCCC(C)C)COP(=O)(O)OC[C@@H](O)COP(=O)(O)OC[C@@H](COC(=O)CCCCCCCCCC)OC(=O)CCCCCCCCCCCCC(C)CC. The fourth-order valence-corrected chi connectivity index (χ4v) is 14.1. The Bertz CT molecular complexity index is 1930. The van der Waals surface area contributed by atoms with Gasteiger partial charge in [0.15, 0.2) is 12.2 Å². The van der Waals surface area contributed by atoms with Crippen LogP contribution < -0.4 is 0 Å². The number of carbonyl (C=O) groups is 4. The first-order valence-corrected chi connectivity index (χ1v) is 45.0. The highest BCUT2D eigenvalue weighted by atomic mass is 31.2. The lowest BCUT2D eigenvalue weighted by Crippen LogP contribution is -2.30. The summed E-state index contributed by atoms with van der Waals surface area (Å²) in [6.45, 7) is 9.66. The lowest BCUT2D eigenvalue weighted by Gasteiger charge is -2.21. The number of hydrogen-bond donors (Lipinski definition) is 3. The zero-order valence-electron chi connectivity index (χ0n) is 65.5. The number of phosphoric acid groups is 2. The van der Waals surface area contributed by atoms with Gasteiger partial charge in [-0.25, -0.2) is 9.13 Å². The molecule has 19 heteroatoms. The van der Waals surface area contributed by atoms with Gasteiger partial charge < -0.3 is 33.8 Å². The fraction of sp³-hybridized carbons (Fsp3) is 0.951. The number of aliphatic hydroxyl groups is 1. The molecule has 0 aliphatic heterocycles. The van der Waals surface area contributed by atoms with E-state index in [1.165, 1.54) is 238 Å². The Morgan fingerprint density at radius 3 is 0.760 bits per heavy atom. The maximum absolute atomic E-state index is 13.1. The molecule has 0 aromatic heterocycles. The molecule has 0 amide bonds. The average molecular weight is 1470 g/mol. The molecule has 0 aromatic rings. The highest BCUT2D eigenvalue weighted by Crippen LogP contribution is 2.45. The molecule has 0 saturated carbocycles. The van der Waals surface area contributed by atoms with E-state index in [0.29, 0.717) is 25.7 Å². The van der Waals surface area contributed by atoms with Crippen LogP contribution in [-0.4, -0.2) is 96.7 Å². The number of ether oxygens (including phenoxy) is 4. The molecule has 0 aliphatic rings. The third kappa shape index (κ3) is 73.0. The van der Waals surface area contributed by atoms with Gasteiger partial charge in [0.25, 0.3) is 0 Å². The summed E-state index contributed by atoms with van der Waals surface area (Å²) in [6, 6.07) is 0. The summed E-state index contributed by atoms with van der Waals surface area (Å²) in [5.74, 6) is -0.502. The molecule has 594 valence electrons. The summed E-state index contributed by atoms with van der Waals surface area (Å²) in [5.41, 5.74) is 0. The van der Waals surface area contributed by atoms with Crippen molar-refractivity contribution < 1.29 is 80.2 Å². The molecule has 0 spiro atoms. The zero-order valence-corrected chi connectivity index (χ0v) is 67.3. The molecular weight excluding hydrogens is 1310 g/mol. The van der Waals surface area contributed by atoms with Gasteiger partial charge in [-0.05, 0) is 37.5 Å². The van der Waals surface area contributed by atoms with Gasteiger partial charge in [0.2, 0.25) is 0 Å². The minimum Gasteiger partial charge on any atom is -0.462 e. The first-order chi connectivity index (χ1) is 48.4. The third-order valence-electron chi connectivity index (χ3n) is 19.3. The van der Waals surface area contributed by atoms with Crippen molar-refractivity contribution in [3.05, 3.63) is 0 Å². The lowest BCUT2D eigenvalue weighted by molar-refractivity contribution is -0.161. The van der Waals surface area contributed by atoms with E-state index < -0.39 is 97.5 Å². The van der Waals surface area contributed by atoms with E-state index in [4.69, 9.17) is 37.0 Å². The summed E-state index contributed by atoms with van der Waals surface area (Å²) in [7, 11) is -9.92. The maximum Gasteiger partial charge on any atom is 0.472 e. The molecule has 0 saturated heterocycles. The van der Waals surface area contributed by atoms with Crippen molar-refractivity contribution in [2.24, 2.45) is 11.8 Å². The quantitative estimate of drug-likeness (QED) is 0.0222. The van der Waals surface area contributed by atoms with Crippen molar-refractivity contribution in [3.8, 4) is 0 Å². The minimum atomic E-state index is -4.96. The number of phosphoric ester groups is 2. The topological polar surface area (TPSA) is 237 Å². The largest absolute Gasteiger partial charge is 0.472 e. The number of hydrogen-bond acceptors (Lipinski definition) is 15. The van der Waals surface area contributed by atoms with Crippen LogP contribution in [-0.2, 0) is 65.4 Å². The predicted octanol–water partition coefficient (Wildman–Crippen LogP) is 24.3. The smallest absolute Gasteiger partial charge is 0.462 e. The Balaban J connectivity index is 5.20. The Labute approximate surface area is 613 Å². The van der Waals surface area contributed by atoms with Gasteiger partial charge in [0.1, 0.15) is 19.3 Å². The fourth-order valence-electron chi connectivity index (χ4n) is 12.5. The molecule has 0 aliphatic carbocycles. The number of esters is 4. The predicted molar refractivity (Wildman–Crippen MR) is 409 cm³/mol. The first-order valence-electron chi connectivity index (χ1n) is 42.0. The first kappa shape index (κ1) is 98.1. The van der Waals surface area contributed by atoms with Crippen molar-refractivity contribution in [2.45, 2.75) is 445 Å². The van der Waals surface area contributed by atoms with Crippen LogP contribution in [0.1, 0.15) is 427 Å². The van der Waals surface area contributed by atoms with Crippen LogP contribution in [0.25, 0.3) is 0 Å². The van der Waals surface area contributed by atoms with Crippen LogP contribution in [0.5, 0.6) is 0 Å². The molecule has 6 atom stereocenters. The highest BCUT2D eigenvalue weighted by molar-refractivity contribution is 7.47. The lowest BCUT2D eigenvalue weighted by atomic mass is 9.99. The Kier molecular flexibility index (Phi) is 71.2. The molecule has 3 unspecified atom stereocenters. The molecule has 0 heterocycles. The number of rotatable bonds is 80. The van der Waals surface area contributed by atoms with Gasteiger partial charge in [-0.15, -0.1) is 0 Å². The zero-order chi connectivity index (χ0) is 73.5. The van der Waals surface area contributed by atoms with Crippen LogP contribution in [0.3, 0.4) is 0 Å². The molecule has 0 radical (unpaired) electrons. The number of unbranched alkanes of at least 4 members (excludes halogenated alkanes) is 49. The van der Waals surface area contributed by atoms with Gasteiger partial charge in [0, 0.05) is 25.7 Å². The van der Waals surface area contributed by atoms with E-state index in [0.717, 1.165) is 108 Å². The van der Waals surface area contributed by atoms with Crippen molar-refractivity contribution >= 4 is 39.5 Å². The van der Waals surface area contributed by atoms with Crippen molar-refractivity contribution in [3.63, 3.8) is 0 Å². The van der Waals surface area contributed by atoms with Gasteiger partial charge in [0.05, 0.1) is 26.4 Å². The van der Waals surface area contributed by atoms with Crippen LogP contribution in [0.2, 0.25) is 0 Å². The molecule has 3 N–H and O–H groups in total. The highest BCUT2D eigenvalue weighted by Gasteiger charge is 2.30. The van der Waals surface area contributed by atoms with Gasteiger partial charge >= 0.3 is 39.5 Å². The molecule has 0 rings (SSSR count). The van der Waals surface area contributed by atoms with E-state index in [9.17, 15) is 43.2 Å². The average Bonchev–Trinajstić information content (AvgIpc) is 0.940. The van der Waals surface area contributed by atoms with Crippen LogP contribution in [0.15, 0.2) is 0 Å². The van der Waals surface area contributed by atoms with Crippen LogP contribution in [0, 0.1) is 11.8 Å². The van der Waals surface area contributed by atoms with Crippen molar-refractivity contribution in [1.82, 2.24) is 0 Å². The normalized spacial score (nSPS) is 14.2. The molecule has 0 aromatic carbocycles. The molecular formula is C81H158O17P2. The van der Waals surface area contributed by atoms with Gasteiger partial charge in [-0.1, -0.05) is 375 Å². The standard InChI is InChI=1S/C81H158O17P2/c1-7-10-12-14-16-18-19-20-21-22-23-24-25-28-32-35-41-47-53-59-65-80(85)98-77(70-92-79(84)64-58-52-46-40-34-31-29-26-27-30-33-38-43-49-55-61-73(4)5)72-96-100(89,90)94-68-75(82)67-93-99(87,88)95-71-76(69-91-78(83)63-57-51-45-17-15-13-11-8-2)97-81(86)66-60-54-48-42-37-36-39-44-50-56-62-74(6)9-3/h73-77,82H,7-72H2,1-6H3,(H,87,88)(H,89,90)/t74?,75-,76+,77+/m0/s1. The molecule has 0 bridgehead atoms. The second-order valence-corrected chi connectivity index (χ2v) is 32.8. The second kappa shape index (κ2) is 72.6. The van der Waals surface area contributed by atoms with Crippen LogP contribution >= 0.6 is 15.6 Å². The molecule has 17 nitrogen and oxygen atoms in total. The Morgan fingerprint density at radius 1 is 0.290 bits per heavy atom. The second-order valence-electron chi connectivity index (χ2n) is 29.9. The minimum absolute atomic E-state index is 0.106. The van der Waals surface area contributed by atoms with E-state index >= 15 is 0 Å². The maximum atomic E-state index is 13.1. The van der Waals surface area contributed by atoms with Crippen molar-refractivity contribution in [1.29, 1.82) is 0 Å². The molecule has 100 heavy (non-hydrogen) atoms.